The van der Waals surface area contributed by atoms with E-state index in [1.807, 2.05) is 0 Å². The van der Waals surface area contributed by atoms with Crippen molar-refractivity contribution in [2.75, 3.05) is 0 Å². The summed E-state index contributed by atoms with van der Waals surface area (Å²) in [7, 11) is 0. The van der Waals surface area contributed by atoms with Gasteiger partial charge in [0.2, 0.25) is 0 Å². The van der Waals surface area contributed by atoms with Gasteiger partial charge in [-0.3, -0.25) is 0 Å². The van der Waals surface area contributed by atoms with Gasteiger partial charge >= 0.3 is 0 Å². The van der Waals surface area contributed by atoms with Crippen molar-refractivity contribution in [1.29, 1.82) is 0 Å². The average molecular weight is 214 g/mol. The Morgan fingerprint density at radius 3 is 0.857 bits per heavy atom. The topological polar surface area (TPSA) is 182 Å². The Morgan fingerprint density at radius 1 is 0.571 bits per heavy atom. The maximum atomic E-state index is 8.83. The molecule has 0 aromatic heterocycles. The predicted octanol–water partition coefficient (Wildman–Crippen LogP) is -5.92. The van der Waals surface area contributed by atoms with Gasteiger partial charge in [-0.15, -0.1) is 0 Å². The molecular formula is C5H10O9. The van der Waals surface area contributed by atoms with Crippen molar-refractivity contribution in [2.24, 2.45) is 0 Å². The molecule has 0 amide bonds. The Balaban J connectivity index is 3.38. The molecule has 9 nitrogen and oxygen atoms in total. The van der Waals surface area contributed by atoms with Crippen molar-refractivity contribution in [3.05, 3.63) is 0 Å². The summed E-state index contributed by atoms with van der Waals surface area (Å²) >= 11 is 0. The normalized spacial score (nSPS) is 33.2. The van der Waals surface area contributed by atoms with Crippen molar-refractivity contribution in [1.82, 2.24) is 0 Å². The minimum atomic E-state index is -4.14. The highest BCUT2D eigenvalue weighted by Crippen LogP contribution is 2.47. The first-order valence-corrected chi connectivity index (χ1v) is 3.37. The van der Waals surface area contributed by atoms with Gasteiger partial charge in [-0.1, -0.05) is 0 Å². The molecular weight excluding hydrogens is 204 g/mol. The quantitative estimate of drug-likeness (QED) is 0.177. The number of hydrogen-bond acceptors (Lipinski definition) is 9. The lowest BCUT2D eigenvalue weighted by Gasteiger charge is -2.35. The van der Waals surface area contributed by atoms with Gasteiger partial charge in [0.1, 0.15) is 0 Å². The monoisotopic (exact) mass is 214 g/mol. The minimum Gasteiger partial charge on any atom is -0.382 e. The molecule has 1 fully saturated rings. The van der Waals surface area contributed by atoms with Crippen LogP contribution < -0.4 is 0 Å². The lowest BCUT2D eigenvalue weighted by Crippen LogP contribution is -2.66. The van der Waals surface area contributed by atoms with Crippen molar-refractivity contribution in [3.63, 3.8) is 0 Å². The van der Waals surface area contributed by atoms with Crippen LogP contribution in [0.5, 0.6) is 0 Å². The molecule has 14 heavy (non-hydrogen) atoms. The molecule has 9 N–H and O–H groups in total. The van der Waals surface area contributed by atoms with Crippen molar-refractivity contribution in [3.8, 4) is 0 Å². The summed E-state index contributed by atoms with van der Waals surface area (Å²) in [5.74, 6) is -16.1. The zero-order chi connectivity index (χ0) is 11.6. The molecule has 0 saturated heterocycles. The lowest BCUT2D eigenvalue weighted by atomic mass is 10.1. The predicted molar refractivity (Wildman–Crippen MR) is 34.7 cm³/mol. The summed E-state index contributed by atoms with van der Waals surface area (Å²) < 4.78 is 0. The van der Waals surface area contributed by atoms with Crippen LogP contribution in [0.4, 0.5) is 0 Å². The average Bonchev–Trinajstić information content (AvgIpc) is 2.05. The molecule has 1 saturated carbocycles. The van der Waals surface area contributed by atoms with Crippen LogP contribution in [-0.4, -0.2) is 75.2 Å². The van der Waals surface area contributed by atoms with E-state index in [0.717, 1.165) is 0 Å². The summed E-state index contributed by atoms with van der Waals surface area (Å²) in [6.07, 6.45) is -3.01. The number of aliphatic hydroxyl groups excluding tert-OH is 1. The van der Waals surface area contributed by atoms with Crippen LogP contribution in [-0.2, 0) is 0 Å². The van der Waals surface area contributed by atoms with Gasteiger partial charge in [-0.25, -0.2) is 0 Å². The largest absolute Gasteiger partial charge is 0.382 e. The van der Waals surface area contributed by atoms with E-state index >= 15 is 0 Å². The highest BCUT2D eigenvalue weighted by Gasteiger charge is 2.83. The Labute approximate surface area is 76.3 Å². The van der Waals surface area contributed by atoms with Crippen LogP contribution in [0.25, 0.3) is 0 Å². The van der Waals surface area contributed by atoms with Gasteiger partial charge in [0.15, 0.2) is 6.10 Å². The summed E-state index contributed by atoms with van der Waals surface area (Å²) in [6.45, 7) is 0. The summed E-state index contributed by atoms with van der Waals surface area (Å²) in [4.78, 5) is 0. The number of aliphatic hydroxyl groups is 9. The summed E-state index contributed by atoms with van der Waals surface area (Å²) in [5.41, 5.74) is 0. The molecule has 1 aliphatic rings. The molecule has 0 spiro atoms. The second-order valence-electron chi connectivity index (χ2n) is 3.20. The standard InChI is InChI=1S/C5H10O9/c6-1-2(7,8)4(11,12)5(13,14)3(1,9)10/h1,6-14H. The van der Waals surface area contributed by atoms with Crippen LogP contribution in [0, 0.1) is 0 Å². The minimum absolute atomic E-state index is 3.01. The van der Waals surface area contributed by atoms with Crippen LogP contribution >= 0.6 is 0 Å². The molecule has 0 bridgehead atoms. The highest BCUT2D eigenvalue weighted by atomic mass is 16.7. The fraction of sp³-hybridized carbons (Fsp3) is 1.00. The summed E-state index contributed by atoms with van der Waals surface area (Å²) in [5, 5.41) is 79.5. The van der Waals surface area contributed by atoms with Crippen LogP contribution in [0.15, 0.2) is 0 Å². The maximum absolute atomic E-state index is 8.83. The molecule has 0 unspecified atom stereocenters. The molecule has 0 atom stereocenters. The molecule has 0 radical (unpaired) electrons. The fourth-order valence-electron chi connectivity index (χ4n) is 1.18. The van der Waals surface area contributed by atoms with Crippen LogP contribution in [0.1, 0.15) is 0 Å². The van der Waals surface area contributed by atoms with E-state index in [9.17, 15) is 0 Å². The van der Waals surface area contributed by atoms with Gasteiger partial charge in [-0.05, 0) is 0 Å². The van der Waals surface area contributed by atoms with Crippen LogP contribution in [0.3, 0.4) is 0 Å². The summed E-state index contributed by atoms with van der Waals surface area (Å²) in [6, 6.07) is 0. The number of rotatable bonds is 0. The molecule has 0 aliphatic heterocycles. The first-order valence-electron chi connectivity index (χ1n) is 3.37. The van der Waals surface area contributed by atoms with Crippen LogP contribution in [0.2, 0.25) is 0 Å². The Hall–Kier alpha value is -0.360. The molecule has 0 aromatic rings. The second kappa shape index (κ2) is 2.41. The molecule has 1 aliphatic carbocycles. The third-order valence-corrected chi connectivity index (χ3v) is 2.27. The lowest BCUT2D eigenvalue weighted by molar-refractivity contribution is -0.452. The van der Waals surface area contributed by atoms with Crippen molar-refractivity contribution < 1.29 is 46.0 Å². The van der Waals surface area contributed by atoms with Gasteiger partial charge in [-0.2, -0.15) is 0 Å². The molecule has 0 aromatic carbocycles. The molecule has 1 rings (SSSR count). The maximum Gasteiger partial charge on any atom is 0.283 e. The van der Waals surface area contributed by atoms with Gasteiger partial charge < -0.3 is 46.0 Å². The zero-order valence-corrected chi connectivity index (χ0v) is 6.60. The first kappa shape index (κ1) is 11.7. The van der Waals surface area contributed by atoms with E-state index in [1.54, 1.807) is 0 Å². The second-order valence-corrected chi connectivity index (χ2v) is 3.20. The Morgan fingerprint density at radius 2 is 0.786 bits per heavy atom. The first-order chi connectivity index (χ1) is 5.90. The van der Waals surface area contributed by atoms with E-state index in [1.165, 1.54) is 0 Å². The van der Waals surface area contributed by atoms with E-state index in [0.29, 0.717) is 0 Å². The molecule has 0 heterocycles. The number of hydrogen-bond donors (Lipinski definition) is 9. The third-order valence-electron chi connectivity index (χ3n) is 2.27. The van der Waals surface area contributed by atoms with E-state index < -0.39 is 29.3 Å². The van der Waals surface area contributed by atoms with Gasteiger partial charge in [0, 0.05) is 0 Å². The SMILES string of the molecule is OC1C(O)(O)C(O)(O)C(O)(O)C1(O)O. The Bertz CT molecular complexity index is 228. The zero-order valence-electron chi connectivity index (χ0n) is 6.60. The van der Waals surface area contributed by atoms with Gasteiger partial charge in [0.05, 0.1) is 0 Å². The Kier molecular flexibility index (Phi) is 2.02. The van der Waals surface area contributed by atoms with Gasteiger partial charge in [0.25, 0.3) is 23.1 Å². The van der Waals surface area contributed by atoms with Crippen molar-refractivity contribution in [2.45, 2.75) is 29.3 Å². The van der Waals surface area contributed by atoms with E-state index in [4.69, 9.17) is 46.0 Å². The molecule has 84 valence electrons. The van der Waals surface area contributed by atoms with Crippen molar-refractivity contribution >= 4 is 0 Å². The fourth-order valence-corrected chi connectivity index (χ4v) is 1.18. The third kappa shape index (κ3) is 0.883. The van der Waals surface area contributed by atoms with E-state index in [2.05, 4.69) is 0 Å². The molecule has 9 heteroatoms. The van der Waals surface area contributed by atoms with E-state index in [-0.39, 0.29) is 0 Å². The highest BCUT2D eigenvalue weighted by molar-refractivity contribution is 5.16. The smallest absolute Gasteiger partial charge is 0.283 e.